The molecule has 3 fully saturated rings. The highest BCUT2D eigenvalue weighted by molar-refractivity contribution is 5.83. The molecule has 0 radical (unpaired) electrons. The molecule has 3 aromatic rings. The number of fused-ring (bicyclic) bond motifs is 1. The van der Waals surface area contributed by atoms with Gasteiger partial charge >= 0.3 is 0 Å². The van der Waals surface area contributed by atoms with Crippen LogP contribution in [0.25, 0.3) is 16.5 Å². The van der Waals surface area contributed by atoms with Crippen LogP contribution in [0, 0.1) is 5.82 Å². The summed E-state index contributed by atoms with van der Waals surface area (Å²) >= 11 is 0. The van der Waals surface area contributed by atoms with Crippen molar-refractivity contribution in [3.8, 4) is 11.4 Å². The van der Waals surface area contributed by atoms with Gasteiger partial charge in [-0.1, -0.05) is 0 Å². The molecule has 0 saturated carbocycles. The van der Waals surface area contributed by atoms with Crippen LogP contribution >= 0.6 is 0 Å². The van der Waals surface area contributed by atoms with E-state index < -0.39 is 0 Å². The van der Waals surface area contributed by atoms with E-state index in [0.29, 0.717) is 41.3 Å². The molecule has 2 unspecified atom stereocenters. The first-order valence-electron chi connectivity index (χ1n) is 13.8. The van der Waals surface area contributed by atoms with Crippen LogP contribution in [0.2, 0.25) is 0 Å². The second-order valence-corrected chi connectivity index (χ2v) is 10.7. The van der Waals surface area contributed by atoms with Crippen molar-refractivity contribution in [1.29, 1.82) is 0 Å². The predicted molar refractivity (Wildman–Crippen MR) is 146 cm³/mol. The SMILES string of the molecule is COC1CCN(C2CCN(c3ccc(-n4ccc5cc(OCC6CCCO6)ccc5c4=O)cc3F)C2)CC1. The van der Waals surface area contributed by atoms with Gasteiger partial charge in [0.15, 0.2) is 0 Å². The van der Waals surface area contributed by atoms with Crippen LogP contribution < -0.4 is 15.2 Å². The van der Waals surface area contributed by atoms with Crippen molar-refractivity contribution in [3.05, 3.63) is 64.8 Å². The Labute approximate surface area is 222 Å². The molecule has 0 aliphatic carbocycles. The number of likely N-dealkylation sites (tertiary alicyclic amines) is 1. The van der Waals surface area contributed by atoms with Crippen molar-refractivity contribution in [3.63, 3.8) is 0 Å². The molecule has 0 bridgehead atoms. The number of pyridine rings is 1. The third kappa shape index (κ3) is 5.17. The standard InChI is InChI=1S/C30H36FN3O4/c1-36-24-10-13-32(14-11-24)23-9-12-33(19-23)29-7-4-22(18-28(29)31)34-15-8-21-17-25(5-6-27(21)30(34)35)38-20-26-3-2-16-37-26/h4-8,15,17-18,23-24,26H,2-3,9-14,16,19-20H2,1H3. The van der Waals surface area contributed by atoms with Crippen molar-refractivity contribution in [2.45, 2.75) is 50.4 Å². The number of hydrogen-bond acceptors (Lipinski definition) is 6. The smallest absolute Gasteiger partial charge is 0.262 e. The zero-order valence-corrected chi connectivity index (χ0v) is 22.0. The second kappa shape index (κ2) is 11.0. The maximum Gasteiger partial charge on any atom is 0.262 e. The number of ether oxygens (including phenoxy) is 3. The number of halogens is 1. The molecule has 202 valence electrons. The molecule has 4 heterocycles. The molecule has 0 N–H and O–H groups in total. The number of benzene rings is 2. The Morgan fingerprint density at radius 1 is 1.03 bits per heavy atom. The van der Waals surface area contributed by atoms with Gasteiger partial charge in [-0.15, -0.1) is 0 Å². The molecule has 2 aromatic carbocycles. The lowest BCUT2D eigenvalue weighted by molar-refractivity contribution is 0.0301. The Morgan fingerprint density at radius 2 is 1.89 bits per heavy atom. The number of anilines is 1. The molecular weight excluding hydrogens is 485 g/mol. The van der Waals surface area contributed by atoms with Gasteiger partial charge in [-0.25, -0.2) is 4.39 Å². The number of nitrogens with zero attached hydrogens (tertiary/aromatic N) is 3. The summed E-state index contributed by atoms with van der Waals surface area (Å²) in [6, 6.07) is 12.9. The Bertz CT molecular complexity index is 1330. The lowest BCUT2D eigenvalue weighted by atomic mass is 10.1. The summed E-state index contributed by atoms with van der Waals surface area (Å²) in [4.78, 5) is 17.9. The Kier molecular flexibility index (Phi) is 7.37. The first kappa shape index (κ1) is 25.3. The van der Waals surface area contributed by atoms with Gasteiger partial charge in [0.2, 0.25) is 0 Å². The number of methoxy groups -OCH3 is 1. The quantitative estimate of drug-likeness (QED) is 0.460. The minimum absolute atomic E-state index is 0.136. The molecular formula is C30H36FN3O4. The van der Waals surface area contributed by atoms with Crippen LogP contribution in [0.4, 0.5) is 10.1 Å². The third-order valence-electron chi connectivity index (χ3n) is 8.38. The Balaban J connectivity index is 1.15. The molecule has 3 aliphatic rings. The number of hydrogen-bond donors (Lipinski definition) is 0. The van der Waals surface area contributed by atoms with Crippen molar-refractivity contribution in [2.75, 3.05) is 51.4 Å². The molecule has 6 rings (SSSR count). The summed E-state index contributed by atoms with van der Waals surface area (Å²) in [6.07, 6.45) is 7.43. The van der Waals surface area contributed by atoms with E-state index in [9.17, 15) is 4.79 Å². The molecule has 38 heavy (non-hydrogen) atoms. The molecule has 2 atom stereocenters. The summed E-state index contributed by atoms with van der Waals surface area (Å²) in [5.74, 6) is 0.415. The summed E-state index contributed by atoms with van der Waals surface area (Å²) < 4.78 is 33.9. The van der Waals surface area contributed by atoms with Crippen molar-refractivity contribution < 1.29 is 18.6 Å². The molecule has 3 saturated heterocycles. The Hall–Kier alpha value is -2.94. The zero-order chi connectivity index (χ0) is 26.1. The molecule has 3 aliphatic heterocycles. The van der Waals surface area contributed by atoms with Crippen LogP contribution in [-0.4, -0.2) is 74.2 Å². The van der Waals surface area contributed by atoms with E-state index in [1.807, 2.05) is 30.3 Å². The molecule has 1 aromatic heterocycles. The zero-order valence-electron chi connectivity index (χ0n) is 22.0. The minimum Gasteiger partial charge on any atom is -0.491 e. The van der Waals surface area contributed by atoms with Crippen molar-refractivity contribution in [2.24, 2.45) is 0 Å². The lowest BCUT2D eigenvalue weighted by Crippen LogP contribution is -2.44. The summed E-state index contributed by atoms with van der Waals surface area (Å²) in [5, 5.41) is 1.37. The highest BCUT2D eigenvalue weighted by Gasteiger charge is 2.31. The van der Waals surface area contributed by atoms with E-state index in [1.54, 1.807) is 19.4 Å². The number of rotatable bonds is 7. The van der Waals surface area contributed by atoms with Crippen molar-refractivity contribution in [1.82, 2.24) is 9.47 Å². The normalized spacial score (nSPS) is 22.9. The fraction of sp³-hybridized carbons (Fsp3) is 0.500. The van der Waals surface area contributed by atoms with Gasteiger partial charge in [0.25, 0.3) is 5.56 Å². The maximum atomic E-state index is 15.4. The van der Waals surface area contributed by atoms with Crippen LogP contribution in [-0.2, 0) is 9.47 Å². The summed E-state index contributed by atoms with van der Waals surface area (Å²) in [6.45, 7) is 5.02. The average molecular weight is 522 g/mol. The topological polar surface area (TPSA) is 56.2 Å². The highest BCUT2D eigenvalue weighted by atomic mass is 19.1. The number of piperidine rings is 1. The molecule has 0 spiro atoms. The number of aromatic nitrogens is 1. The van der Waals surface area contributed by atoms with Gasteiger partial charge in [-0.2, -0.15) is 0 Å². The van der Waals surface area contributed by atoms with Gasteiger partial charge < -0.3 is 19.1 Å². The van der Waals surface area contributed by atoms with E-state index in [2.05, 4.69) is 9.80 Å². The van der Waals surface area contributed by atoms with Crippen LogP contribution in [0.15, 0.2) is 53.5 Å². The molecule has 7 nitrogen and oxygen atoms in total. The van der Waals surface area contributed by atoms with E-state index in [0.717, 1.165) is 70.3 Å². The van der Waals surface area contributed by atoms with Crippen LogP contribution in [0.1, 0.15) is 32.1 Å². The van der Waals surface area contributed by atoms with E-state index in [4.69, 9.17) is 14.2 Å². The lowest BCUT2D eigenvalue weighted by Gasteiger charge is -2.35. The van der Waals surface area contributed by atoms with E-state index in [-0.39, 0.29) is 17.5 Å². The summed E-state index contributed by atoms with van der Waals surface area (Å²) in [7, 11) is 1.79. The predicted octanol–water partition coefficient (Wildman–Crippen LogP) is 4.38. The summed E-state index contributed by atoms with van der Waals surface area (Å²) in [5.41, 5.74) is 0.945. The fourth-order valence-electron chi connectivity index (χ4n) is 6.12. The van der Waals surface area contributed by atoms with Gasteiger partial charge in [-0.05, 0) is 73.9 Å². The van der Waals surface area contributed by atoms with Gasteiger partial charge in [0, 0.05) is 63.6 Å². The Morgan fingerprint density at radius 3 is 2.66 bits per heavy atom. The minimum atomic E-state index is -0.300. The average Bonchev–Trinajstić information content (AvgIpc) is 3.65. The van der Waals surface area contributed by atoms with Crippen LogP contribution in [0.3, 0.4) is 0 Å². The van der Waals surface area contributed by atoms with Gasteiger partial charge in [0.05, 0.1) is 23.6 Å². The fourth-order valence-corrected chi connectivity index (χ4v) is 6.12. The maximum absolute atomic E-state index is 15.4. The first-order chi connectivity index (χ1) is 18.6. The van der Waals surface area contributed by atoms with Gasteiger partial charge in [0.1, 0.15) is 18.2 Å². The van der Waals surface area contributed by atoms with Gasteiger partial charge in [-0.3, -0.25) is 14.3 Å². The van der Waals surface area contributed by atoms with E-state index in [1.165, 1.54) is 10.6 Å². The van der Waals surface area contributed by atoms with Crippen LogP contribution in [0.5, 0.6) is 5.75 Å². The molecule has 0 amide bonds. The molecule has 8 heteroatoms. The third-order valence-corrected chi connectivity index (χ3v) is 8.38. The van der Waals surface area contributed by atoms with Crippen molar-refractivity contribution >= 4 is 16.5 Å². The monoisotopic (exact) mass is 521 g/mol. The highest BCUT2D eigenvalue weighted by Crippen LogP contribution is 2.29. The first-order valence-corrected chi connectivity index (χ1v) is 13.8. The largest absolute Gasteiger partial charge is 0.491 e. The van der Waals surface area contributed by atoms with E-state index >= 15 is 4.39 Å². The second-order valence-electron chi connectivity index (χ2n) is 10.7.